The number of aryl methyl sites for hydroxylation is 1. The van der Waals surface area contributed by atoms with Crippen LogP contribution in [0.3, 0.4) is 0 Å². The molecule has 0 heterocycles. The van der Waals surface area contributed by atoms with Gasteiger partial charge in [-0.15, -0.1) is 0 Å². The fraction of sp³-hybridized carbons (Fsp3) is 0.647. The van der Waals surface area contributed by atoms with E-state index < -0.39 is 0 Å². The standard InChI is InChI=1S/C17H26FNO/c1-4-13-6-9-16(19-5-2)17(11-13)20-14-7-8-15(18)12(3)10-14/h7-8,10,13,16-17,19H,4-6,9,11H2,1-3H3. The highest BCUT2D eigenvalue weighted by Gasteiger charge is 2.30. The number of benzene rings is 1. The highest BCUT2D eigenvalue weighted by Crippen LogP contribution is 2.30. The number of nitrogens with one attached hydrogen (secondary N) is 1. The van der Waals surface area contributed by atoms with E-state index in [0.717, 1.165) is 31.1 Å². The molecule has 0 aliphatic heterocycles. The molecule has 3 heteroatoms. The predicted octanol–water partition coefficient (Wildman–Crippen LogP) is 4.07. The zero-order valence-corrected chi connectivity index (χ0v) is 12.8. The Hall–Kier alpha value is -1.09. The molecule has 0 spiro atoms. The summed E-state index contributed by atoms with van der Waals surface area (Å²) in [7, 11) is 0. The molecule has 20 heavy (non-hydrogen) atoms. The van der Waals surface area contributed by atoms with Gasteiger partial charge in [-0.3, -0.25) is 0 Å². The first kappa shape index (κ1) is 15.3. The summed E-state index contributed by atoms with van der Waals surface area (Å²) >= 11 is 0. The minimum absolute atomic E-state index is 0.171. The van der Waals surface area contributed by atoms with Crippen LogP contribution >= 0.6 is 0 Å². The van der Waals surface area contributed by atoms with E-state index in [1.165, 1.54) is 18.9 Å². The van der Waals surface area contributed by atoms with E-state index >= 15 is 0 Å². The quantitative estimate of drug-likeness (QED) is 0.877. The number of rotatable bonds is 5. The molecule has 0 aromatic heterocycles. The van der Waals surface area contributed by atoms with Crippen LogP contribution in [0.25, 0.3) is 0 Å². The smallest absolute Gasteiger partial charge is 0.126 e. The molecule has 0 radical (unpaired) electrons. The van der Waals surface area contributed by atoms with E-state index in [0.29, 0.717) is 11.6 Å². The van der Waals surface area contributed by atoms with Gasteiger partial charge in [-0.2, -0.15) is 0 Å². The van der Waals surface area contributed by atoms with Crippen LogP contribution in [0.5, 0.6) is 5.75 Å². The second-order valence-electron chi connectivity index (χ2n) is 5.82. The first-order valence-corrected chi connectivity index (χ1v) is 7.80. The molecule has 3 unspecified atom stereocenters. The summed E-state index contributed by atoms with van der Waals surface area (Å²) in [6.07, 6.45) is 4.93. The van der Waals surface area contributed by atoms with Gasteiger partial charge in [-0.25, -0.2) is 4.39 Å². The average molecular weight is 279 g/mol. The second-order valence-corrected chi connectivity index (χ2v) is 5.82. The molecular formula is C17H26FNO. The number of ether oxygens (including phenoxy) is 1. The summed E-state index contributed by atoms with van der Waals surface area (Å²) < 4.78 is 19.5. The van der Waals surface area contributed by atoms with Gasteiger partial charge in [0.2, 0.25) is 0 Å². The maximum absolute atomic E-state index is 13.3. The van der Waals surface area contributed by atoms with Crippen molar-refractivity contribution in [1.82, 2.24) is 5.32 Å². The molecule has 3 atom stereocenters. The van der Waals surface area contributed by atoms with Crippen molar-refractivity contribution in [3.63, 3.8) is 0 Å². The van der Waals surface area contributed by atoms with Crippen LogP contribution in [0.4, 0.5) is 4.39 Å². The molecule has 1 aromatic rings. The van der Waals surface area contributed by atoms with Crippen molar-refractivity contribution in [1.29, 1.82) is 0 Å². The molecule has 1 N–H and O–H groups in total. The molecule has 2 nitrogen and oxygen atoms in total. The van der Waals surface area contributed by atoms with Crippen molar-refractivity contribution < 1.29 is 9.13 Å². The van der Waals surface area contributed by atoms with Crippen molar-refractivity contribution in [2.75, 3.05) is 6.54 Å². The Bertz CT molecular complexity index is 435. The summed E-state index contributed by atoms with van der Waals surface area (Å²) in [6.45, 7) is 7.12. The highest BCUT2D eigenvalue weighted by atomic mass is 19.1. The van der Waals surface area contributed by atoms with E-state index in [1.807, 2.05) is 0 Å². The van der Waals surface area contributed by atoms with E-state index in [1.54, 1.807) is 19.1 Å². The van der Waals surface area contributed by atoms with E-state index in [4.69, 9.17) is 4.74 Å². The molecule has 1 aromatic carbocycles. The Labute approximate surface area is 121 Å². The van der Waals surface area contributed by atoms with Crippen molar-refractivity contribution in [3.05, 3.63) is 29.6 Å². The van der Waals surface area contributed by atoms with Crippen LogP contribution in [-0.2, 0) is 0 Å². The molecule has 2 rings (SSSR count). The summed E-state index contributed by atoms with van der Waals surface area (Å²) in [5, 5.41) is 3.53. The topological polar surface area (TPSA) is 21.3 Å². The third-order valence-electron chi connectivity index (χ3n) is 4.36. The van der Waals surface area contributed by atoms with Gasteiger partial charge in [0, 0.05) is 6.04 Å². The van der Waals surface area contributed by atoms with Crippen LogP contribution in [0.15, 0.2) is 18.2 Å². The summed E-state index contributed by atoms with van der Waals surface area (Å²) in [5.41, 5.74) is 0.644. The minimum atomic E-state index is -0.171. The fourth-order valence-corrected chi connectivity index (χ4v) is 3.07. The van der Waals surface area contributed by atoms with Gasteiger partial charge in [0.15, 0.2) is 0 Å². The van der Waals surface area contributed by atoms with Gasteiger partial charge in [-0.05, 0) is 62.4 Å². The molecular weight excluding hydrogens is 253 g/mol. The highest BCUT2D eigenvalue weighted by molar-refractivity contribution is 5.29. The van der Waals surface area contributed by atoms with Crippen LogP contribution < -0.4 is 10.1 Å². The third kappa shape index (κ3) is 3.72. The van der Waals surface area contributed by atoms with Crippen molar-refractivity contribution in [2.45, 2.75) is 58.6 Å². The second kappa shape index (κ2) is 7.07. The fourth-order valence-electron chi connectivity index (χ4n) is 3.07. The van der Waals surface area contributed by atoms with Crippen LogP contribution in [0.2, 0.25) is 0 Å². The van der Waals surface area contributed by atoms with Crippen molar-refractivity contribution in [3.8, 4) is 5.75 Å². The summed E-state index contributed by atoms with van der Waals surface area (Å²) in [5.74, 6) is 1.36. The van der Waals surface area contributed by atoms with Gasteiger partial charge >= 0.3 is 0 Å². The van der Waals surface area contributed by atoms with Gasteiger partial charge in [0.05, 0.1) is 0 Å². The first-order chi connectivity index (χ1) is 9.63. The van der Waals surface area contributed by atoms with Gasteiger partial charge in [0.1, 0.15) is 17.7 Å². The maximum atomic E-state index is 13.3. The Balaban J connectivity index is 2.07. The minimum Gasteiger partial charge on any atom is -0.489 e. The predicted molar refractivity (Wildman–Crippen MR) is 80.6 cm³/mol. The van der Waals surface area contributed by atoms with E-state index in [-0.39, 0.29) is 11.9 Å². The molecule has 0 bridgehead atoms. The zero-order valence-electron chi connectivity index (χ0n) is 12.8. The zero-order chi connectivity index (χ0) is 14.5. The lowest BCUT2D eigenvalue weighted by Gasteiger charge is -2.36. The molecule has 0 saturated heterocycles. The lowest BCUT2D eigenvalue weighted by Crippen LogP contribution is -2.47. The lowest BCUT2D eigenvalue weighted by atomic mass is 9.82. The van der Waals surface area contributed by atoms with Crippen molar-refractivity contribution >= 4 is 0 Å². The van der Waals surface area contributed by atoms with Gasteiger partial charge in [-0.1, -0.05) is 20.3 Å². The number of halogens is 1. The van der Waals surface area contributed by atoms with Gasteiger partial charge in [0.25, 0.3) is 0 Å². The van der Waals surface area contributed by atoms with Crippen molar-refractivity contribution in [2.24, 2.45) is 5.92 Å². The number of hydrogen-bond donors (Lipinski definition) is 1. The van der Waals surface area contributed by atoms with E-state index in [9.17, 15) is 4.39 Å². The lowest BCUT2D eigenvalue weighted by molar-refractivity contribution is 0.0855. The molecule has 1 aliphatic carbocycles. The Morgan fingerprint density at radius 2 is 2.10 bits per heavy atom. The SMILES string of the molecule is CCNC1CCC(CC)CC1Oc1ccc(F)c(C)c1. The monoisotopic (exact) mass is 279 g/mol. The van der Waals surface area contributed by atoms with E-state index in [2.05, 4.69) is 19.2 Å². The van der Waals surface area contributed by atoms with Crippen LogP contribution in [0.1, 0.15) is 45.1 Å². The normalized spacial score (nSPS) is 26.5. The molecule has 1 aliphatic rings. The first-order valence-electron chi connectivity index (χ1n) is 7.80. The molecule has 112 valence electrons. The maximum Gasteiger partial charge on any atom is 0.126 e. The molecule has 1 saturated carbocycles. The molecule has 1 fully saturated rings. The molecule has 0 amide bonds. The number of likely N-dealkylation sites (N-methyl/N-ethyl adjacent to an activating group) is 1. The third-order valence-corrected chi connectivity index (χ3v) is 4.36. The van der Waals surface area contributed by atoms with Crippen LogP contribution in [-0.4, -0.2) is 18.7 Å². The summed E-state index contributed by atoms with van der Waals surface area (Å²) in [6, 6.07) is 5.44. The average Bonchev–Trinajstić information content (AvgIpc) is 2.45. The largest absolute Gasteiger partial charge is 0.489 e. The summed E-state index contributed by atoms with van der Waals surface area (Å²) in [4.78, 5) is 0. The number of hydrogen-bond acceptors (Lipinski definition) is 2. The Kier molecular flexibility index (Phi) is 5.41. The van der Waals surface area contributed by atoms with Gasteiger partial charge < -0.3 is 10.1 Å². The Morgan fingerprint density at radius 3 is 2.75 bits per heavy atom. The Morgan fingerprint density at radius 1 is 1.30 bits per heavy atom. The van der Waals surface area contributed by atoms with Crippen LogP contribution in [0, 0.1) is 18.7 Å².